The summed E-state index contributed by atoms with van der Waals surface area (Å²) >= 11 is 0. The van der Waals surface area contributed by atoms with Crippen molar-refractivity contribution in [3.63, 3.8) is 0 Å². The summed E-state index contributed by atoms with van der Waals surface area (Å²) in [4.78, 5) is 35.4. The molecule has 20 atom stereocenters. The first-order valence-corrected chi connectivity index (χ1v) is 16.1. The molecule has 0 unspecified atom stereocenters. The highest BCUT2D eigenvalue weighted by Gasteiger charge is 2.55. The average Bonchev–Trinajstić information content (AvgIpc) is 3.08. The number of aliphatic carboxylic acids is 1. The number of carboxylic acid groups (broad SMARTS) is 1. The molecule has 0 aromatic heterocycles. The molecule has 0 aromatic carbocycles. The van der Waals surface area contributed by atoms with Crippen LogP contribution in [-0.2, 0) is 47.5 Å². The Kier molecular flexibility index (Phi) is 14.6. The van der Waals surface area contributed by atoms with Gasteiger partial charge >= 0.3 is 5.97 Å². The summed E-state index contributed by atoms with van der Waals surface area (Å²) < 4.78 is 38.4. The van der Waals surface area contributed by atoms with Crippen LogP contribution in [-0.4, -0.2) is 222 Å². The van der Waals surface area contributed by atoms with Crippen molar-refractivity contribution in [2.24, 2.45) is 0 Å². The largest absolute Gasteiger partial charge is 0.479 e. The first kappa shape index (κ1) is 42.4. The molecule has 24 heteroatoms. The predicted molar refractivity (Wildman–Crippen MR) is 158 cm³/mol. The number of carbonyl (C=O) groups excluding carboxylic acids is 2. The summed E-state index contributed by atoms with van der Waals surface area (Å²) in [6, 6.07) is -3.00. The Morgan fingerprint density at radius 3 is 1.65 bits per heavy atom. The second-order valence-corrected chi connectivity index (χ2v) is 12.7. The van der Waals surface area contributed by atoms with E-state index in [1.807, 2.05) is 0 Å². The number of ether oxygens (including phenoxy) is 7. The molecule has 2 amide bonds. The lowest BCUT2D eigenvalue weighted by atomic mass is 9.94. The van der Waals surface area contributed by atoms with E-state index in [1.54, 1.807) is 0 Å². The Hall–Kier alpha value is -2.31. The number of carboxylic acids is 1. The molecule has 300 valence electrons. The van der Waals surface area contributed by atoms with Crippen molar-refractivity contribution in [1.29, 1.82) is 0 Å². The topological polar surface area (TPSA) is 383 Å². The maximum absolute atomic E-state index is 12.1. The van der Waals surface area contributed by atoms with Gasteiger partial charge in [-0.15, -0.1) is 0 Å². The van der Waals surface area contributed by atoms with Gasteiger partial charge in [-0.3, -0.25) is 9.59 Å². The Balaban J connectivity index is 1.55. The van der Waals surface area contributed by atoms with Crippen molar-refractivity contribution in [3.05, 3.63) is 0 Å². The Labute approximate surface area is 293 Å². The second-order valence-electron chi connectivity index (χ2n) is 12.7. The van der Waals surface area contributed by atoms with Crippen molar-refractivity contribution in [2.45, 2.75) is 137 Å². The van der Waals surface area contributed by atoms with Crippen LogP contribution >= 0.6 is 0 Å². The third-order valence-corrected chi connectivity index (χ3v) is 8.96. The van der Waals surface area contributed by atoms with Gasteiger partial charge in [0, 0.05) is 13.8 Å². The van der Waals surface area contributed by atoms with E-state index >= 15 is 0 Å². The summed E-state index contributed by atoms with van der Waals surface area (Å²) in [5.74, 6) is -3.18. The van der Waals surface area contributed by atoms with Crippen molar-refractivity contribution < 1.29 is 109 Å². The van der Waals surface area contributed by atoms with Crippen LogP contribution in [0.4, 0.5) is 0 Å². The average molecular weight is 763 g/mol. The van der Waals surface area contributed by atoms with E-state index in [4.69, 9.17) is 33.2 Å². The smallest absolute Gasteiger partial charge is 0.335 e. The standard InChI is InChI=1S/C28H46N2O22/c1-6(33)29-11-16(38)13(35)8(3-31)48-26(11)46-5-10-15(37)21(12(25(45)47-10)30-7(2)34)50-28-20(42)22(14(36)9(4-32)49-28)51-27-19(41)17(39)18(40)23(52-27)24(43)44/h8-23,25-28,31-32,35-42,45H,3-5H2,1-2H3,(H,29,33)(H,30,34)(H,43,44)/t8-,9-,10-,11-,12-,13-,14+,15+,16-,17+,18+,19-,20-,21-,22+,23+,25+,26-,27-,28+/m1/s1. The zero-order valence-electron chi connectivity index (χ0n) is 27.6. The highest BCUT2D eigenvalue weighted by molar-refractivity contribution is 5.74. The molecule has 0 saturated carbocycles. The molecule has 4 aliphatic heterocycles. The molecule has 4 aliphatic rings. The fraction of sp³-hybridized carbons (Fsp3) is 0.893. The number of nitrogens with one attached hydrogen (secondary N) is 2. The van der Waals surface area contributed by atoms with Gasteiger partial charge in [-0.1, -0.05) is 0 Å². The van der Waals surface area contributed by atoms with Gasteiger partial charge in [0.1, 0.15) is 91.4 Å². The molecule has 0 aromatic rings. The van der Waals surface area contributed by atoms with Crippen molar-refractivity contribution in [3.8, 4) is 0 Å². The summed E-state index contributed by atoms with van der Waals surface area (Å²) in [6.07, 6.45) is -33.7. The molecule has 0 radical (unpaired) electrons. The van der Waals surface area contributed by atoms with Crippen LogP contribution < -0.4 is 10.6 Å². The van der Waals surface area contributed by atoms with Crippen LogP contribution in [0.5, 0.6) is 0 Å². The van der Waals surface area contributed by atoms with Gasteiger partial charge in [0.25, 0.3) is 0 Å². The lowest BCUT2D eigenvalue weighted by molar-refractivity contribution is -0.372. The van der Waals surface area contributed by atoms with E-state index < -0.39 is 160 Å². The zero-order valence-corrected chi connectivity index (χ0v) is 27.6. The van der Waals surface area contributed by atoms with Gasteiger partial charge < -0.3 is 105 Å². The molecule has 4 rings (SSSR count). The molecule has 52 heavy (non-hydrogen) atoms. The number of hydrogen-bond donors (Lipinski definition) is 14. The number of rotatable bonds is 12. The van der Waals surface area contributed by atoms with Crippen LogP contribution in [0.2, 0.25) is 0 Å². The predicted octanol–water partition coefficient (Wildman–Crippen LogP) is -9.37. The quantitative estimate of drug-likeness (QED) is 0.0877. The fourth-order valence-electron chi connectivity index (χ4n) is 6.22. The first-order valence-electron chi connectivity index (χ1n) is 16.1. The first-order chi connectivity index (χ1) is 24.4. The number of aliphatic hydroxyl groups is 11. The Bertz CT molecular complexity index is 1220. The van der Waals surface area contributed by atoms with Crippen molar-refractivity contribution in [2.75, 3.05) is 19.8 Å². The molecular weight excluding hydrogens is 716 g/mol. The second kappa shape index (κ2) is 17.9. The molecule has 0 spiro atoms. The highest BCUT2D eigenvalue weighted by atomic mass is 16.7. The van der Waals surface area contributed by atoms with Crippen LogP contribution in [0.25, 0.3) is 0 Å². The highest BCUT2D eigenvalue weighted by Crippen LogP contribution is 2.33. The number of aliphatic hydroxyl groups excluding tert-OH is 11. The lowest BCUT2D eigenvalue weighted by Gasteiger charge is -2.48. The lowest BCUT2D eigenvalue weighted by Crippen LogP contribution is -2.69. The third kappa shape index (κ3) is 9.13. The maximum atomic E-state index is 12.1. The van der Waals surface area contributed by atoms with Crippen LogP contribution in [0.15, 0.2) is 0 Å². The maximum Gasteiger partial charge on any atom is 0.335 e. The minimum Gasteiger partial charge on any atom is -0.479 e. The number of carbonyl (C=O) groups is 3. The zero-order chi connectivity index (χ0) is 38.8. The van der Waals surface area contributed by atoms with E-state index in [9.17, 15) is 75.7 Å². The summed E-state index contributed by atoms with van der Waals surface area (Å²) in [5, 5.41) is 129. The van der Waals surface area contributed by atoms with Gasteiger partial charge in [0.15, 0.2) is 31.3 Å². The molecule has 4 saturated heterocycles. The molecule has 0 aliphatic carbocycles. The molecule has 14 N–H and O–H groups in total. The normalized spacial score (nSPS) is 47.0. The summed E-state index contributed by atoms with van der Waals surface area (Å²) in [5.41, 5.74) is 0. The van der Waals surface area contributed by atoms with E-state index in [0.29, 0.717) is 0 Å². The number of amides is 2. The summed E-state index contributed by atoms with van der Waals surface area (Å²) in [7, 11) is 0. The number of hydrogen-bond acceptors (Lipinski definition) is 21. The fourth-order valence-corrected chi connectivity index (χ4v) is 6.22. The van der Waals surface area contributed by atoms with Gasteiger partial charge in [-0.25, -0.2) is 4.79 Å². The molecule has 4 fully saturated rings. The van der Waals surface area contributed by atoms with E-state index in [-0.39, 0.29) is 0 Å². The van der Waals surface area contributed by atoms with E-state index in [0.717, 1.165) is 13.8 Å². The van der Waals surface area contributed by atoms with Crippen molar-refractivity contribution in [1.82, 2.24) is 10.6 Å². The van der Waals surface area contributed by atoms with E-state index in [1.165, 1.54) is 0 Å². The molecular formula is C28H46N2O22. The van der Waals surface area contributed by atoms with Gasteiger partial charge in [-0.05, 0) is 0 Å². The third-order valence-electron chi connectivity index (χ3n) is 8.96. The SMILES string of the molecule is CC(=O)N[C@@H]1[C@@H](O[C@@H]2O[C@H](CO)[C@H](O)[C@H](O[C@@H]3O[C@H](C(=O)O)[C@@H](O)[C@H](O)[C@H]3O)[C@H]2O)[C@@H](O)[C@@H](CO[C@@H]2O[C@H](CO)[C@@H](O)[C@H](O)[C@H]2NC(C)=O)O[C@@H]1O. The minimum atomic E-state index is -2.14. The summed E-state index contributed by atoms with van der Waals surface area (Å²) in [6.45, 7) is -0.291. The van der Waals surface area contributed by atoms with Gasteiger partial charge in [0.2, 0.25) is 11.8 Å². The monoisotopic (exact) mass is 762 g/mol. The molecule has 4 heterocycles. The van der Waals surface area contributed by atoms with Gasteiger partial charge in [0.05, 0.1) is 19.8 Å². The van der Waals surface area contributed by atoms with Crippen LogP contribution in [0.1, 0.15) is 13.8 Å². The minimum absolute atomic E-state index is 0.661. The van der Waals surface area contributed by atoms with Crippen LogP contribution in [0.3, 0.4) is 0 Å². The molecule has 24 nitrogen and oxygen atoms in total. The van der Waals surface area contributed by atoms with Gasteiger partial charge in [-0.2, -0.15) is 0 Å². The Morgan fingerprint density at radius 1 is 0.558 bits per heavy atom. The van der Waals surface area contributed by atoms with Crippen molar-refractivity contribution >= 4 is 17.8 Å². The Morgan fingerprint density at radius 2 is 1.08 bits per heavy atom. The molecule has 0 bridgehead atoms. The van der Waals surface area contributed by atoms with Crippen LogP contribution in [0, 0.1) is 0 Å². The van der Waals surface area contributed by atoms with E-state index in [2.05, 4.69) is 10.6 Å².